The molecule has 7 N–H and O–H groups in total. The van der Waals surface area contributed by atoms with Crippen molar-refractivity contribution >= 4 is 40.3 Å². The van der Waals surface area contributed by atoms with Gasteiger partial charge < -0.3 is 55.1 Å². The van der Waals surface area contributed by atoms with Crippen molar-refractivity contribution in [2.24, 2.45) is 28.8 Å². The number of nitrogens with zero attached hydrogens (tertiary/aromatic N) is 3. The second kappa shape index (κ2) is 17.4. The fourth-order valence-electron chi connectivity index (χ4n) is 7.64. The predicted octanol–water partition coefficient (Wildman–Crippen LogP) is 3.68. The van der Waals surface area contributed by atoms with Crippen molar-refractivity contribution in [1.82, 2.24) is 9.91 Å². The van der Waals surface area contributed by atoms with Gasteiger partial charge in [-0.1, -0.05) is 45.9 Å². The number of phenolic OH excluding ortho intramolecular Hbond substituents is 3. The minimum Gasteiger partial charge on any atom is -0.507 e. The number of nitrogens with one attached hydrogen (secondary N) is 1. The number of anilines is 1. The van der Waals surface area contributed by atoms with Gasteiger partial charge in [0.25, 0.3) is 11.7 Å². The number of hydrazone groups is 1. The van der Waals surface area contributed by atoms with E-state index in [0.717, 1.165) is 6.26 Å². The number of carbonyl (C=O) groups is 3. The molecular weight excluding hydrogens is 752 g/mol. The first-order valence-corrected chi connectivity index (χ1v) is 19.4. The lowest BCUT2D eigenvalue weighted by molar-refractivity contribution is -0.159. The third-order valence-electron chi connectivity index (χ3n) is 11.6. The zero-order valence-electron chi connectivity index (χ0n) is 34.4. The Hall–Kier alpha value is -5.16. The van der Waals surface area contributed by atoms with Crippen molar-refractivity contribution in [2.75, 3.05) is 38.5 Å². The Kier molecular flexibility index (Phi) is 13.2. The van der Waals surface area contributed by atoms with Gasteiger partial charge in [0.1, 0.15) is 23.4 Å². The minimum absolute atomic E-state index is 0.0284. The standard InChI is InChI=1S/C42H56N4O12/c1-20-11-10-12-21(2)41(55)44-32-27(19-43-46-16-14-45(9)15-17-46)36(52)29-30(37(32)53)35(51)25(6)39-31(29)40(54)42(8,58-39)56-18-13-28(48)22(3)38(57-26(7)47)24(5)34(50)23(4)33(20)49/h10-13,18-20,22-24,28,33-34,38,48-53H,14-17H2,1-9H3,(H,44,55)/b11-10+,18-13?,21-12-,43-19+/t20-,22?,23?,24+,28-,33-,34+,38+,42-/m0/s1. The molecule has 6 rings (SSSR count). The Balaban J connectivity index is 1.69. The van der Waals surface area contributed by atoms with Crippen LogP contribution in [0, 0.1) is 30.6 Å². The molecule has 0 aliphatic carbocycles. The zero-order valence-corrected chi connectivity index (χ0v) is 34.4. The van der Waals surface area contributed by atoms with Gasteiger partial charge in [0, 0.05) is 80.2 Å². The molecule has 5 bridgehead atoms. The number of piperazine rings is 1. The summed E-state index contributed by atoms with van der Waals surface area (Å²) < 4.78 is 17.5. The van der Waals surface area contributed by atoms with Gasteiger partial charge in [0.05, 0.1) is 53.0 Å². The van der Waals surface area contributed by atoms with E-state index in [1.165, 1.54) is 46.1 Å². The van der Waals surface area contributed by atoms with E-state index < -0.39 is 88.8 Å². The predicted molar refractivity (Wildman–Crippen MR) is 216 cm³/mol. The Morgan fingerprint density at radius 1 is 0.931 bits per heavy atom. The smallest absolute Gasteiger partial charge is 0.312 e. The molecule has 316 valence electrons. The molecule has 4 heterocycles. The van der Waals surface area contributed by atoms with Crippen LogP contribution in [0.2, 0.25) is 0 Å². The highest BCUT2D eigenvalue weighted by molar-refractivity contribution is 6.23. The summed E-state index contributed by atoms with van der Waals surface area (Å²) in [5.74, 6) is -9.00. The third-order valence-corrected chi connectivity index (χ3v) is 11.6. The first-order chi connectivity index (χ1) is 27.2. The van der Waals surface area contributed by atoms with E-state index in [0.29, 0.717) is 26.2 Å². The zero-order chi connectivity index (χ0) is 43.0. The van der Waals surface area contributed by atoms with Crippen LogP contribution in [0.15, 0.2) is 41.2 Å². The Morgan fingerprint density at radius 2 is 1.59 bits per heavy atom. The maximum atomic E-state index is 14.3. The average molecular weight is 809 g/mol. The number of esters is 1. The van der Waals surface area contributed by atoms with Gasteiger partial charge in [0.2, 0.25) is 0 Å². The molecule has 16 nitrogen and oxygen atoms in total. The minimum atomic E-state index is -2.10. The van der Waals surface area contributed by atoms with Gasteiger partial charge in [-0.25, -0.2) is 0 Å². The number of allylic oxidation sites excluding steroid dienone is 2. The number of phenols is 3. The number of Topliss-reactive ketones (excluding diaryl/α,β-unsaturated/α-hetero) is 1. The number of amides is 1. The molecule has 9 atom stereocenters. The van der Waals surface area contributed by atoms with E-state index >= 15 is 0 Å². The molecule has 4 aliphatic rings. The molecule has 58 heavy (non-hydrogen) atoms. The van der Waals surface area contributed by atoms with Crippen LogP contribution in [0.1, 0.15) is 70.0 Å². The van der Waals surface area contributed by atoms with Crippen LogP contribution in [0.25, 0.3) is 10.8 Å². The van der Waals surface area contributed by atoms with Gasteiger partial charge in [-0.05, 0) is 27.0 Å². The highest BCUT2D eigenvalue weighted by Gasteiger charge is 2.50. The molecule has 2 aromatic carbocycles. The number of fused-ring (bicyclic) bond motifs is 14. The molecule has 1 amide bonds. The Labute approximate surface area is 337 Å². The van der Waals surface area contributed by atoms with Crippen molar-refractivity contribution in [1.29, 1.82) is 0 Å². The molecule has 0 spiro atoms. The number of hydrogen-bond acceptors (Lipinski definition) is 15. The fraction of sp³-hybridized carbons (Fsp3) is 0.524. The lowest BCUT2D eigenvalue weighted by Gasteiger charge is -2.37. The van der Waals surface area contributed by atoms with Crippen LogP contribution in [0.4, 0.5) is 5.69 Å². The fourth-order valence-corrected chi connectivity index (χ4v) is 7.64. The highest BCUT2D eigenvalue weighted by atomic mass is 16.7. The summed E-state index contributed by atoms with van der Waals surface area (Å²) in [6.07, 6.45) is 3.58. The van der Waals surface area contributed by atoms with E-state index in [1.807, 2.05) is 7.05 Å². The summed E-state index contributed by atoms with van der Waals surface area (Å²) in [4.78, 5) is 42.4. The SMILES string of the molecule is CC(=O)O[C@@H]1C(C)[C@@H](O)C=CO[C@@]2(C)Oc3c(C)c(O)c4c(O)c(c(/C=N/N5CCN(C)CC5)c(O)c4c3C2=O)NC(=O)/C(C)=C\C=C\[C@H](C)[C@H](O)C(C)[C@@H](O)[C@H]1C. The monoisotopic (exact) mass is 808 g/mol. The summed E-state index contributed by atoms with van der Waals surface area (Å²) in [6.45, 7) is 14.6. The van der Waals surface area contributed by atoms with Crippen molar-refractivity contribution < 1.29 is 59.2 Å². The maximum Gasteiger partial charge on any atom is 0.312 e. The molecular formula is C42H56N4O12. The van der Waals surface area contributed by atoms with Gasteiger partial charge in [0.15, 0.2) is 5.75 Å². The van der Waals surface area contributed by atoms with Crippen LogP contribution in [0.5, 0.6) is 23.0 Å². The molecule has 0 radical (unpaired) electrons. The van der Waals surface area contributed by atoms with E-state index in [9.17, 15) is 45.0 Å². The number of ketones is 1. The van der Waals surface area contributed by atoms with Crippen molar-refractivity contribution in [3.63, 3.8) is 0 Å². The lowest BCUT2D eigenvalue weighted by Crippen LogP contribution is -2.46. The Morgan fingerprint density at radius 3 is 2.22 bits per heavy atom. The van der Waals surface area contributed by atoms with Crippen LogP contribution >= 0.6 is 0 Å². The van der Waals surface area contributed by atoms with E-state index in [-0.39, 0.29) is 44.5 Å². The summed E-state index contributed by atoms with van der Waals surface area (Å²) in [5, 5.41) is 77.7. The number of rotatable bonds is 3. The molecule has 2 unspecified atom stereocenters. The molecule has 16 heteroatoms. The van der Waals surface area contributed by atoms with Gasteiger partial charge in [-0.15, -0.1) is 0 Å². The number of aliphatic hydroxyl groups is 3. The summed E-state index contributed by atoms with van der Waals surface area (Å²) in [7, 11) is 1.98. The third kappa shape index (κ3) is 8.51. The van der Waals surface area contributed by atoms with Crippen molar-refractivity contribution in [2.45, 2.75) is 85.6 Å². The molecule has 0 aromatic heterocycles. The highest BCUT2D eigenvalue weighted by Crippen LogP contribution is 2.55. The average Bonchev–Trinajstić information content (AvgIpc) is 3.44. The number of carbonyl (C=O) groups excluding carboxylic acids is 3. The topological polar surface area (TPSA) is 231 Å². The molecule has 0 saturated carbocycles. The van der Waals surface area contributed by atoms with E-state index in [2.05, 4.69) is 15.3 Å². The van der Waals surface area contributed by atoms with E-state index in [1.54, 1.807) is 44.9 Å². The Bertz CT molecular complexity index is 2050. The van der Waals surface area contributed by atoms with Crippen LogP contribution < -0.4 is 10.1 Å². The molecule has 1 saturated heterocycles. The normalized spacial score (nSPS) is 31.9. The second-order valence-electron chi connectivity index (χ2n) is 15.9. The maximum absolute atomic E-state index is 14.3. The lowest BCUT2D eigenvalue weighted by atomic mass is 9.78. The number of benzene rings is 2. The van der Waals surface area contributed by atoms with Gasteiger partial charge >= 0.3 is 11.8 Å². The van der Waals surface area contributed by atoms with Crippen LogP contribution in [-0.4, -0.2) is 128 Å². The first-order valence-electron chi connectivity index (χ1n) is 19.4. The largest absolute Gasteiger partial charge is 0.507 e. The molecule has 4 aliphatic heterocycles. The van der Waals surface area contributed by atoms with Gasteiger partial charge in [-0.3, -0.25) is 19.4 Å². The number of hydrogen-bond donors (Lipinski definition) is 7. The van der Waals surface area contributed by atoms with Crippen molar-refractivity contribution in [3.05, 3.63) is 52.8 Å². The second-order valence-corrected chi connectivity index (χ2v) is 15.9. The van der Waals surface area contributed by atoms with Gasteiger partial charge in [-0.2, -0.15) is 5.10 Å². The first kappa shape index (κ1) is 44.0. The number of ether oxygens (including phenoxy) is 3. The summed E-state index contributed by atoms with van der Waals surface area (Å²) in [6, 6.07) is 0. The summed E-state index contributed by atoms with van der Waals surface area (Å²) in [5.41, 5.74) is -0.459. The number of aromatic hydroxyl groups is 3. The number of likely N-dealkylation sites (N-methyl/N-ethyl adjacent to an activating group) is 1. The number of aliphatic hydroxyl groups excluding tert-OH is 3. The molecule has 2 aromatic rings. The molecule has 1 fully saturated rings. The quantitative estimate of drug-likeness (QED) is 0.102. The van der Waals surface area contributed by atoms with Crippen LogP contribution in [-0.2, 0) is 19.1 Å². The van der Waals surface area contributed by atoms with Crippen molar-refractivity contribution in [3.8, 4) is 23.0 Å². The van der Waals surface area contributed by atoms with E-state index in [4.69, 9.17) is 14.2 Å². The van der Waals surface area contributed by atoms with Crippen LogP contribution in [0.3, 0.4) is 0 Å². The summed E-state index contributed by atoms with van der Waals surface area (Å²) >= 11 is 0.